The molecule has 5 rings (SSSR count). The van der Waals surface area contributed by atoms with Crippen LogP contribution in [-0.4, -0.2) is 0 Å². The highest BCUT2D eigenvalue weighted by Crippen LogP contribution is 2.55. The summed E-state index contributed by atoms with van der Waals surface area (Å²) < 4.78 is 12.7. The van der Waals surface area contributed by atoms with Gasteiger partial charge in [0.15, 0.2) is 5.60 Å². The smallest absolute Gasteiger partial charge is 0.151 e. The van der Waals surface area contributed by atoms with E-state index in [0.717, 1.165) is 29.0 Å². The Hall–Kier alpha value is -2.58. The average Bonchev–Trinajstić information content (AvgIpc) is 3.01. The number of para-hydroxylation sites is 2. The Morgan fingerprint density at radius 2 is 1.50 bits per heavy atom. The van der Waals surface area contributed by atoms with Crippen molar-refractivity contribution in [1.29, 1.82) is 0 Å². The van der Waals surface area contributed by atoms with Crippen LogP contribution in [0, 0.1) is 0 Å². The number of rotatable bonds is 1. The van der Waals surface area contributed by atoms with Gasteiger partial charge >= 0.3 is 0 Å². The summed E-state index contributed by atoms with van der Waals surface area (Å²) in [7, 11) is 0. The molecule has 2 heteroatoms. The topological polar surface area (TPSA) is 18.5 Å². The lowest BCUT2D eigenvalue weighted by molar-refractivity contribution is 0.0199. The molecule has 2 heterocycles. The zero-order valence-corrected chi connectivity index (χ0v) is 13.6. The first-order valence-corrected chi connectivity index (χ1v) is 8.46. The van der Waals surface area contributed by atoms with Gasteiger partial charge in [-0.3, -0.25) is 0 Å². The van der Waals surface area contributed by atoms with Crippen molar-refractivity contribution in [3.05, 3.63) is 94.5 Å². The fourth-order valence-corrected chi connectivity index (χ4v) is 4.00. The van der Waals surface area contributed by atoms with E-state index in [1.807, 2.05) is 24.3 Å². The van der Waals surface area contributed by atoms with Crippen molar-refractivity contribution in [3.8, 4) is 11.5 Å². The molecule has 118 valence electrons. The Kier molecular flexibility index (Phi) is 2.85. The molecule has 3 aromatic rings. The molecule has 2 aliphatic heterocycles. The maximum Gasteiger partial charge on any atom is 0.151 e. The molecule has 0 amide bonds. The molecule has 0 unspecified atom stereocenters. The second-order valence-corrected chi connectivity index (χ2v) is 6.41. The molecule has 0 atom stereocenters. The first kappa shape index (κ1) is 13.8. The fourth-order valence-electron chi connectivity index (χ4n) is 4.00. The highest BCUT2D eigenvalue weighted by Gasteiger charge is 2.49. The minimum Gasteiger partial charge on any atom is -0.457 e. The Balaban J connectivity index is 1.84. The number of hydrogen-bond acceptors (Lipinski definition) is 2. The van der Waals surface area contributed by atoms with E-state index in [9.17, 15) is 0 Å². The second-order valence-electron chi connectivity index (χ2n) is 6.41. The van der Waals surface area contributed by atoms with Gasteiger partial charge in [-0.05, 0) is 35.2 Å². The quantitative estimate of drug-likeness (QED) is 0.616. The van der Waals surface area contributed by atoms with Gasteiger partial charge in [-0.25, -0.2) is 0 Å². The summed E-state index contributed by atoms with van der Waals surface area (Å²) in [6.45, 7) is 2.82. The van der Waals surface area contributed by atoms with Gasteiger partial charge in [0, 0.05) is 11.1 Å². The molecule has 0 saturated carbocycles. The molecule has 0 aromatic heterocycles. The predicted molar refractivity (Wildman–Crippen MR) is 93.4 cm³/mol. The minimum absolute atomic E-state index is 0.562. The van der Waals surface area contributed by atoms with Crippen molar-refractivity contribution in [2.45, 2.75) is 25.6 Å². The Morgan fingerprint density at radius 3 is 2.17 bits per heavy atom. The molecular weight excluding hydrogens is 296 g/mol. The minimum atomic E-state index is -0.562. The van der Waals surface area contributed by atoms with Crippen LogP contribution in [0.1, 0.15) is 34.7 Å². The monoisotopic (exact) mass is 314 g/mol. The van der Waals surface area contributed by atoms with Crippen LogP contribution in [0.3, 0.4) is 0 Å². The van der Waals surface area contributed by atoms with Crippen LogP contribution < -0.4 is 4.74 Å². The third kappa shape index (κ3) is 1.69. The van der Waals surface area contributed by atoms with Crippen molar-refractivity contribution in [3.63, 3.8) is 0 Å². The largest absolute Gasteiger partial charge is 0.457 e. The Labute approximate surface area is 141 Å². The van der Waals surface area contributed by atoms with Crippen LogP contribution in [0.2, 0.25) is 0 Å². The molecule has 1 spiro atoms. The number of hydrogen-bond donors (Lipinski definition) is 0. The molecule has 0 fully saturated rings. The fraction of sp³-hybridized carbons (Fsp3) is 0.182. The van der Waals surface area contributed by atoms with Gasteiger partial charge in [0.05, 0.1) is 6.61 Å². The highest BCUT2D eigenvalue weighted by molar-refractivity contribution is 5.63. The lowest BCUT2D eigenvalue weighted by Crippen LogP contribution is -2.32. The summed E-state index contributed by atoms with van der Waals surface area (Å²) in [5, 5.41) is 0. The molecule has 0 saturated heterocycles. The van der Waals surface area contributed by atoms with E-state index >= 15 is 0 Å². The molecule has 2 aliphatic rings. The van der Waals surface area contributed by atoms with E-state index < -0.39 is 5.60 Å². The van der Waals surface area contributed by atoms with Gasteiger partial charge in [-0.15, -0.1) is 0 Å². The van der Waals surface area contributed by atoms with Crippen molar-refractivity contribution in [2.24, 2.45) is 0 Å². The first-order valence-electron chi connectivity index (χ1n) is 8.46. The van der Waals surface area contributed by atoms with Gasteiger partial charge in [-0.1, -0.05) is 61.5 Å². The third-order valence-corrected chi connectivity index (χ3v) is 5.15. The number of fused-ring (bicyclic) bond motifs is 6. The second kappa shape index (κ2) is 4.96. The van der Waals surface area contributed by atoms with Gasteiger partial charge in [-0.2, -0.15) is 0 Å². The number of benzene rings is 3. The summed E-state index contributed by atoms with van der Waals surface area (Å²) in [4.78, 5) is 0. The molecule has 0 N–H and O–H groups in total. The van der Waals surface area contributed by atoms with Crippen molar-refractivity contribution >= 4 is 0 Å². The van der Waals surface area contributed by atoms with Crippen LogP contribution in [0.25, 0.3) is 0 Å². The third-order valence-electron chi connectivity index (χ3n) is 5.15. The summed E-state index contributed by atoms with van der Waals surface area (Å²) in [5.74, 6) is 1.76. The number of aryl methyl sites for hydroxylation is 1. The van der Waals surface area contributed by atoms with Gasteiger partial charge in [0.2, 0.25) is 0 Å². The maximum atomic E-state index is 6.52. The molecule has 0 aliphatic carbocycles. The van der Waals surface area contributed by atoms with E-state index in [0.29, 0.717) is 6.61 Å². The van der Waals surface area contributed by atoms with Gasteiger partial charge in [0.25, 0.3) is 0 Å². The summed E-state index contributed by atoms with van der Waals surface area (Å²) in [5.41, 5.74) is 5.48. The van der Waals surface area contributed by atoms with Gasteiger partial charge < -0.3 is 9.47 Å². The molecule has 0 bridgehead atoms. The SMILES string of the molecule is CCc1ccc2c(c1)COC21c2ccccc2Oc2ccccc21. The van der Waals surface area contributed by atoms with Crippen LogP contribution in [0.15, 0.2) is 66.7 Å². The highest BCUT2D eigenvalue weighted by atomic mass is 16.5. The standard InChI is InChI=1S/C22H18O2/c1-2-15-11-12-17-16(13-15)14-23-22(17)18-7-3-5-9-20(18)24-21-10-6-4-8-19(21)22/h3-13H,2,14H2,1H3. The van der Waals surface area contributed by atoms with Crippen molar-refractivity contribution < 1.29 is 9.47 Å². The normalized spacial score (nSPS) is 16.2. The molecule has 24 heavy (non-hydrogen) atoms. The summed E-state index contributed by atoms with van der Waals surface area (Å²) in [6, 6.07) is 23.2. The van der Waals surface area contributed by atoms with Crippen LogP contribution in [0.5, 0.6) is 11.5 Å². The number of ether oxygens (including phenoxy) is 2. The predicted octanol–water partition coefficient (Wildman–Crippen LogP) is 5.18. The average molecular weight is 314 g/mol. The summed E-state index contributed by atoms with van der Waals surface area (Å²) >= 11 is 0. The Morgan fingerprint density at radius 1 is 0.833 bits per heavy atom. The summed E-state index contributed by atoms with van der Waals surface area (Å²) in [6.07, 6.45) is 1.04. The maximum absolute atomic E-state index is 6.52. The zero-order chi connectivity index (χ0) is 16.1. The van der Waals surface area contributed by atoms with Crippen LogP contribution in [-0.2, 0) is 23.4 Å². The molecule has 3 aromatic carbocycles. The Bertz CT molecular complexity index is 897. The van der Waals surface area contributed by atoms with Crippen LogP contribution in [0.4, 0.5) is 0 Å². The van der Waals surface area contributed by atoms with E-state index in [1.165, 1.54) is 16.7 Å². The first-order chi connectivity index (χ1) is 11.8. The lowest BCUT2D eigenvalue weighted by atomic mass is 9.77. The molecule has 0 radical (unpaired) electrons. The van der Waals surface area contributed by atoms with E-state index in [-0.39, 0.29) is 0 Å². The van der Waals surface area contributed by atoms with Crippen molar-refractivity contribution in [1.82, 2.24) is 0 Å². The van der Waals surface area contributed by atoms with E-state index in [4.69, 9.17) is 9.47 Å². The van der Waals surface area contributed by atoms with E-state index in [1.54, 1.807) is 0 Å². The van der Waals surface area contributed by atoms with Crippen LogP contribution >= 0.6 is 0 Å². The van der Waals surface area contributed by atoms with Crippen molar-refractivity contribution in [2.75, 3.05) is 0 Å². The zero-order valence-electron chi connectivity index (χ0n) is 13.6. The molecule has 2 nitrogen and oxygen atoms in total. The van der Waals surface area contributed by atoms with Gasteiger partial charge in [0.1, 0.15) is 11.5 Å². The lowest BCUT2D eigenvalue weighted by Gasteiger charge is -2.37. The van der Waals surface area contributed by atoms with E-state index in [2.05, 4.69) is 49.4 Å². The molecular formula is C22H18O2.